The van der Waals surface area contributed by atoms with E-state index in [-0.39, 0.29) is 11.3 Å². The maximum atomic E-state index is 10.9. The highest BCUT2D eigenvalue weighted by Crippen LogP contribution is 2.34. The van der Waals surface area contributed by atoms with Crippen LogP contribution in [-0.2, 0) is 0 Å². The first-order chi connectivity index (χ1) is 6.61. The molecular weight excluding hydrogens is 315 g/mol. The van der Waals surface area contributed by atoms with Crippen LogP contribution >= 0.6 is 33.9 Å². The van der Waals surface area contributed by atoms with Gasteiger partial charge in [-0.05, 0) is 40.1 Å². The number of hydrogen-bond acceptors (Lipinski definition) is 3. The predicted molar refractivity (Wildman–Crippen MR) is 63.2 cm³/mol. The minimum Gasteiger partial charge on any atom is -0.507 e. The fraction of sp³-hybridized carbons (Fsp3) is 0. The van der Waals surface area contributed by atoms with E-state index in [0.29, 0.717) is 4.70 Å². The molecule has 0 bridgehead atoms. The molecule has 0 saturated carbocycles. The molecule has 0 amide bonds. The largest absolute Gasteiger partial charge is 0.507 e. The first-order valence-electron chi connectivity index (χ1n) is 3.73. The molecule has 0 fully saturated rings. The van der Waals surface area contributed by atoms with Gasteiger partial charge in [0, 0.05) is 8.96 Å². The molecule has 0 spiro atoms. The summed E-state index contributed by atoms with van der Waals surface area (Å²) in [7, 11) is 0. The first-order valence-corrected chi connectivity index (χ1v) is 5.69. The van der Waals surface area contributed by atoms with E-state index in [4.69, 9.17) is 5.11 Å². The Morgan fingerprint density at radius 1 is 1.50 bits per heavy atom. The van der Waals surface area contributed by atoms with Crippen molar-refractivity contribution < 1.29 is 15.0 Å². The van der Waals surface area contributed by atoms with Crippen molar-refractivity contribution in [2.75, 3.05) is 0 Å². The second-order valence-electron chi connectivity index (χ2n) is 2.72. The Morgan fingerprint density at radius 2 is 2.21 bits per heavy atom. The van der Waals surface area contributed by atoms with E-state index in [1.165, 1.54) is 17.4 Å². The summed E-state index contributed by atoms with van der Waals surface area (Å²) in [6.07, 6.45) is 0. The summed E-state index contributed by atoms with van der Waals surface area (Å²) in [5.41, 5.74) is -0.00424. The van der Waals surface area contributed by atoms with E-state index >= 15 is 0 Å². The van der Waals surface area contributed by atoms with Gasteiger partial charge < -0.3 is 10.2 Å². The number of rotatable bonds is 1. The van der Waals surface area contributed by atoms with Crippen molar-refractivity contribution in [2.45, 2.75) is 0 Å². The van der Waals surface area contributed by atoms with Crippen LogP contribution in [0.1, 0.15) is 10.4 Å². The predicted octanol–water partition coefficient (Wildman–Crippen LogP) is 2.91. The van der Waals surface area contributed by atoms with E-state index in [1.807, 2.05) is 11.4 Å². The zero-order valence-corrected chi connectivity index (χ0v) is 9.79. The minimum atomic E-state index is -1.09. The van der Waals surface area contributed by atoms with Crippen LogP contribution in [0.3, 0.4) is 0 Å². The number of carboxylic acid groups (broad SMARTS) is 1. The van der Waals surface area contributed by atoms with Gasteiger partial charge in [0.1, 0.15) is 11.3 Å². The Labute approximate surface area is 97.1 Å². The van der Waals surface area contributed by atoms with E-state index < -0.39 is 5.97 Å². The number of carbonyl (C=O) groups is 1. The van der Waals surface area contributed by atoms with E-state index in [0.717, 1.165) is 8.96 Å². The number of fused-ring (bicyclic) bond motifs is 1. The van der Waals surface area contributed by atoms with E-state index in [1.54, 1.807) is 0 Å². The fourth-order valence-corrected chi connectivity index (χ4v) is 3.17. The number of benzene rings is 1. The molecule has 14 heavy (non-hydrogen) atoms. The Hall–Kier alpha value is -0.820. The fourth-order valence-electron chi connectivity index (χ4n) is 1.28. The Bertz CT molecular complexity index is 518. The lowest BCUT2D eigenvalue weighted by Gasteiger charge is -2.02. The van der Waals surface area contributed by atoms with Crippen molar-refractivity contribution in [3.05, 3.63) is 26.6 Å². The van der Waals surface area contributed by atoms with Gasteiger partial charge in [0.05, 0.1) is 4.70 Å². The number of hydrogen-bond donors (Lipinski definition) is 2. The number of phenols is 1. The minimum absolute atomic E-state index is 0.00424. The standard InChI is InChI=1S/C9H5IO3S/c10-5-3-6(11)7(9(12)13)8-4(5)1-2-14-8/h1-3,11H,(H,12,13). The van der Waals surface area contributed by atoms with Gasteiger partial charge in [-0.1, -0.05) is 0 Å². The van der Waals surface area contributed by atoms with Gasteiger partial charge in [0.25, 0.3) is 0 Å². The van der Waals surface area contributed by atoms with Crippen molar-refractivity contribution in [2.24, 2.45) is 0 Å². The zero-order valence-electron chi connectivity index (χ0n) is 6.82. The third-order valence-corrected chi connectivity index (χ3v) is 3.71. The van der Waals surface area contributed by atoms with Gasteiger partial charge in [0.15, 0.2) is 0 Å². The van der Waals surface area contributed by atoms with Crippen molar-refractivity contribution in [3.63, 3.8) is 0 Å². The Kier molecular flexibility index (Phi) is 2.36. The van der Waals surface area contributed by atoms with Crippen LogP contribution < -0.4 is 0 Å². The third kappa shape index (κ3) is 1.36. The number of aromatic carboxylic acids is 1. The number of thiophene rings is 1. The summed E-state index contributed by atoms with van der Waals surface area (Å²) in [6.45, 7) is 0. The molecule has 0 radical (unpaired) electrons. The molecular formula is C9H5IO3S. The van der Waals surface area contributed by atoms with Gasteiger partial charge in [-0.2, -0.15) is 0 Å². The molecule has 1 aromatic heterocycles. The van der Waals surface area contributed by atoms with Gasteiger partial charge in [-0.25, -0.2) is 4.79 Å². The number of aromatic hydroxyl groups is 1. The molecule has 0 aliphatic rings. The Morgan fingerprint density at radius 3 is 2.86 bits per heavy atom. The summed E-state index contributed by atoms with van der Waals surface area (Å²) in [5.74, 6) is -1.26. The first kappa shape index (κ1) is 9.72. The quantitative estimate of drug-likeness (QED) is 0.795. The molecule has 0 unspecified atom stereocenters. The summed E-state index contributed by atoms with van der Waals surface area (Å²) >= 11 is 3.40. The van der Waals surface area contributed by atoms with E-state index in [9.17, 15) is 9.90 Å². The summed E-state index contributed by atoms with van der Waals surface area (Å²) in [6, 6.07) is 3.33. The van der Waals surface area contributed by atoms with E-state index in [2.05, 4.69) is 22.6 Å². The summed E-state index contributed by atoms with van der Waals surface area (Å²) in [5, 5.41) is 21.1. The highest BCUT2D eigenvalue weighted by Gasteiger charge is 2.17. The molecule has 2 N–H and O–H groups in total. The molecule has 3 nitrogen and oxygen atoms in total. The van der Waals surface area contributed by atoms with Crippen LogP contribution in [0.5, 0.6) is 5.75 Å². The van der Waals surface area contributed by atoms with Crippen molar-refractivity contribution >= 4 is 50.0 Å². The average molecular weight is 320 g/mol. The van der Waals surface area contributed by atoms with Crippen LogP contribution in [0, 0.1) is 3.57 Å². The molecule has 2 aromatic rings. The topological polar surface area (TPSA) is 57.5 Å². The molecule has 0 atom stereocenters. The van der Waals surface area contributed by atoms with Gasteiger partial charge in [0.2, 0.25) is 0 Å². The van der Waals surface area contributed by atoms with Crippen LogP contribution in [0.4, 0.5) is 0 Å². The van der Waals surface area contributed by atoms with Gasteiger partial charge in [-0.3, -0.25) is 0 Å². The molecule has 0 aliphatic carbocycles. The van der Waals surface area contributed by atoms with Crippen molar-refractivity contribution in [3.8, 4) is 5.75 Å². The molecule has 72 valence electrons. The average Bonchev–Trinajstić information content (AvgIpc) is 2.51. The second kappa shape index (κ2) is 3.39. The molecule has 0 saturated heterocycles. The Balaban J connectivity index is 2.93. The molecule has 2 rings (SSSR count). The normalized spacial score (nSPS) is 10.6. The molecule has 0 aliphatic heterocycles. The van der Waals surface area contributed by atoms with Crippen LogP contribution in [-0.4, -0.2) is 16.2 Å². The number of carboxylic acids is 1. The zero-order chi connectivity index (χ0) is 10.3. The summed E-state index contributed by atoms with van der Waals surface area (Å²) < 4.78 is 1.49. The molecule has 5 heteroatoms. The van der Waals surface area contributed by atoms with Crippen molar-refractivity contribution in [1.82, 2.24) is 0 Å². The van der Waals surface area contributed by atoms with Crippen molar-refractivity contribution in [1.29, 1.82) is 0 Å². The third-order valence-electron chi connectivity index (χ3n) is 1.88. The maximum Gasteiger partial charge on any atom is 0.340 e. The second-order valence-corrected chi connectivity index (χ2v) is 4.80. The van der Waals surface area contributed by atoms with Crippen LogP contribution in [0.25, 0.3) is 10.1 Å². The lowest BCUT2D eigenvalue weighted by atomic mass is 10.1. The maximum absolute atomic E-state index is 10.9. The molecule has 1 aromatic carbocycles. The van der Waals surface area contributed by atoms with Gasteiger partial charge >= 0.3 is 5.97 Å². The lowest BCUT2D eigenvalue weighted by Crippen LogP contribution is -1.97. The SMILES string of the molecule is O=C(O)c1c(O)cc(I)c2ccsc12. The monoisotopic (exact) mass is 320 g/mol. The van der Waals surface area contributed by atoms with Crippen LogP contribution in [0.2, 0.25) is 0 Å². The molecule has 1 heterocycles. The smallest absolute Gasteiger partial charge is 0.340 e. The highest BCUT2D eigenvalue weighted by atomic mass is 127. The van der Waals surface area contributed by atoms with Crippen LogP contribution in [0.15, 0.2) is 17.5 Å². The highest BCUT2D eigenvalue weighted by molar-refractivity contribution is 14.1. The number of halogens is 1. The summed E-state index contributed by atoms with van der Waals surface area (Å²) in [4.78, 5) is 10.9. The van der Waals surface area contributed by atoms with Gasteiger partial charge in [-0.15, -0.1) is 11.3 Å². The lowest BCUT2D eigenvalue weighted by molar-refractivity contribution is 0.0696.